The smallest absolute Gasteiger partial charge is 0.267 e. The molecule has 0 spiro atoms. The number of rotatable bonds is 20. The fraction of sp³-hybridized carbons (Fsp3) is 0.880. The van der Waals surface area contributed by atoms with Crippen LogP contribution in [0.4, 0.5) is 0 Å². The third kappa shape index (κ3) is 20.0. The van der Waals surface area contributed by atoms with Crippen molar-refractivity contribution >= 4 is 7.82 Å². The molecule has 32 heavy (non-hydrogen) atoms. The molecular weight excluding hydrogens is 423 g/mol. The average Bonchev–Trinajstić information content (AvgIpc) is 3.22. The van der Waals surface area contributed by atoms with Gasteiger partial charge in [0.15, 0.2) is 0 Å². The van der Waals surface area contributed by atoms with Gasteiger partial charge in [0.2, 0.25) is 6.33 Å². The molecule has 0 N–H and O–H groups in total. The Labute approximate surface area is 198 Å². The van der Waals surface area contributed by atoms with Crippen molar-refractivity contribution in [2.75, 3.05) is 13.2 Å². The van der Waals surface area contributed by atoms with E-state index in [4.69, 9.17) is 0 Å². The number of hydrogen-bond acceptors (Lipinski definition) is 4. The van der Waals surface area contributed by atoms with Gasteiger partial charge in [0.05, 0.1) is 26.3 Å². The summed E-state index contributed by atoms with van der Waals surface area (Å²) in [5, 5.41) is 0. The fourth-order valence-corrected chi connectivity index (χ4v) is 4.31. The van der Waals surface area contributed by atoms with Crippen molar-refractivity contribution < 1.29 is 23.1 Å². The van der Waals surface area contributed by atoms with E-state index in [2.05, 4.69) is 50.8 Å². The van der Waals surface area contributed by atoms with Crippen LogP contribution >= 0.6 is 7.82 Å². The normalized spacial score (nSPS) is 11.4. The standard InChI is InChI=1S/C21H41N2.C4H11O4P/c1-3-5-6-7-8-9-10-11-12-13-14-15-16-17-18-23-20-19-22(4-2)21-23;1-3-7-9(5,6)8-4-2/h19-21H,3-18H2,1-2H3;3-4H2,1-2H3,(H,5,6)/q+1;/p-1. The van der Waals surface area contributed by atoms with Crippen molar-refractivity contribution in [2.45, 2.75) is 131 Å². The molecule has 0 atom stereocenters. The van der Waals surface area contributed by atoms with Crippen LogP contribution in [0, 0.1) is 0 Å². The number of phosphoric ester groups is 1. The van der Waals surface area contributed by atoms with Gasteiger partial charge in [-0.3, -0.25) is 4.57 Å². The molecule has 1 aromatic heterocycles. The van der Waals surface area contributed by atoms with Crippen molar-refractivity contribution in [2.24, 2.45) is 0 Å². The molecule has 0 unspecified atom stereocenters. The molecular formula is C25H51N2O4P. The van der Waals surface area contributed by atoms with Crippen molar-refractivity contribution in [1.82, 2.24) is 4.57 Å². The zero-order valence-electron chi connectivity index (χ0n) is 21.4. The predicted octanol–water partition coefficient (Wildman–Crippen LogP) is 6.80. The molecule has 0 aromatic carbocycles. The molecule has 7 heteroatoms. The lowest BCUT2D eigenvalue weighted by atomic mass is 10.0. The molecule has 0 bridgehead atoms. The van der Waals surface area contributed by atoms with Crippen molar-refractivity contribution in [1.29, 1.82) is 0 Å². The summed E-state index contributed by atoms with van der Waals surface area (Å²) in [5.41, 5.74) is 0. The Morgan fingerprint density at radius 2 is 1.19 bits per heavy atom. The lowest BCUT2D eigenvalue weighted by molar-refractivity contribution is -0.693. The van der Waals surface area contributed by atoms with Crippen LogP contribution in [-0.4, -0.2) is 17.8 Å². The minimum absolute atomic E-state index is 0.126. The average molecular weight is 475 g/mol. The van der Waals surface area contributed by atoms with Crippen LogP contribution < -0.4 is 9.46 Å². The number of aromatic nitrogens is 2. The summed E-state index contributed by atoms with van der Waals surface area (Å²) in [6, 6.07) is 0. The highest BCUT2D eigenvalue weighted by Gasteiger charge is 2.04. The first-order valence-electron chi connectivity index (χ1n) is 13.1. The topological polar surface area (TPSA) is 67.4 Å². The monoisotopic (exact) mass is 474 g/mol. The van der Waals surface area contributed by atoms with Gasteiger partial charge < -0.3 is 13.9 Å². The van der Waals surface area contributed by atoms with E-state index in [1.165, 1.54) is 96.4 Å². The third-order valence-corrected chi connectivity index (χ3v) is 6.60. The number of hydrogen-bond donors (Lipinski definition) is 0. The molecule has 0 aliphatic rings. The molecule has 0 aliphatic carbocycles. The van der Waals surface area contributed by atoms with Gasteiger partial charge in [-0.05, 0) is 33.6 Å². The number of nitrogens with zero attached hydrogens (tertiary/aromatic N) is 2. The summed E-state index contributed by atoms with van der Waals surface area (Å²) < 4.78 is 23.5. The lowest BCUT2D eigenvalue weighted by Gasteiger charge is -2.20. The molecule has 1 aromatic rings. The predicted molar refractivity (Wildman–Crippen MR) is 131 cm³/mol. The first-order chi connectivity index (χ1) is 15.5. The lowest BCUT2D eigenvalue weighted by Crippen LogP contribution is -2.28. The van der Waals surface area contributed by atoms with Gasteiger partial charge in [0.25, 0.3) is 7.82 Å². The van der Waals surface area contributed by atoms with E-state index in [0.717, 1.165) is 6.54 Å². The van der Waals surface area contributed by atoms with Crippen LogP contribution in [0.2, 0.25) is 0 Å². The number of unbranched alkanes of at least 4 members (excludes halogenated alkanes) is 13. The molecule has 0 radical (unpaired) electrons. The SMILES string of the molecule is CCCCCCCCCCCCCCCCn1cc[n+](CC)c1.CCOP(=O)([O-])OCC. The zero-order valence-corrected chi connectivity index (χ0v) is 22.3. The molecule has 0 saturated carbocycles. The van der Waals surface area contributed by atoms with E-state index in [9.17, 15) is 9.46 Å². The van der Waals surface area contributed by atoms with Crippen LogP contribution in [0.1, 0.15) is 118 Å². The molecule has 6 nitrogen and oxygen atoms in total. The van der Waals surface area contributed by atoms with Crippen molar-refractivity contribution in [3.8, 4) is 0 Å². The van der Waals surface area contributed by atoms with Gasteiger partial charge in [0, 0.05) is 0 Å². The van der Waals surface area contributed by atoms with Crippen LogP contribution in [0.15, 0.2) is 18.7 Å². The highest BCUT2D eigenvalue weighted by Crippen LogP contribution is 2.37. The Morgan fingerprint density at radius 1 is 0.750 bits per heavy atom. The summed E-state index contributed by atoms with van der Waals surface area (Å²) in [6.07, 6.45) is 26.7. The Bertz CT molecular complexity index is 556. The van der Waals surface area contributed by atoms with Crippen molar-refractivity contribution in [3.05, 3.63) is 18.7 Å². The number of phosphoric acid groups is 1. The van der Waals surface area contributed by atoms with Gasteiger partial charge in [-0.15, -0.1) is 0 Å². The number of imidazole rings is 1. The Balaban J connectivity index is 0.000000900. The quantitative estimate of drug-likeness (QED) is 0.118. The zero-order chi connectivity index (χ0) is 23.9. The Hall–Kier alpha value is -0.680. The summed E-state index contributed by atoms with van der Waals surface area (Å²) in [7, 11) is -3.94. The maximum atomic E-state index is 10.4. The summed E-state index contributed by atoms with van der Waals surface area (Å²) in [6.45, 7) is 10.2. The van der Waals surface area contributed by atoms with Gasteiger partial charge in [-0.25, -0.2) is 9.13 Å². The van der Waals surface area contributed by atoms with Crippen LogP contribution in [0.25, 0.3) is 0 Å². The fourth-order valence-electron chi connectivity index (χ4n) is 3.60. The maximum absolute atomic E-state index is 10.4. The second-order valence-corrected chi connectivity index (χ2v) is 9.77. The first-order valence-corrected chi connectivity index (χ1v) is 14.6. The van der Waals surface area contributed by atoms with Crippen molar-refractivity contribution in [3.63, 3.8) is 0 Å². The summed E-state index contributed by atoms with van der Waals surface area (Å²) in [5.74, 6) is 0. The van der Waals surface area contributed by atoms with Gasteiger partial charge in [0.1, 0.15) is 12.4 Å². The second kappa shape index (κ2) is 22.1. The minimum Gasteiger partial charge on any atom is -0.756 e. The molecule has 190 valence electrons. The summed E-state index contributed by atoms with van der Waals surface area (Å²) in [4.78, 5) is 10.4. The molecule has 1 rings (SSSR count). The largest absolute Gasteiger partial charge is 0.756 e. The molecule has 1 heterocycles. The second-order valence-electron chi connectivity index (χ2n) is 8.36. The van der Waals surface area contributed by atoms with Gasteiger partial charge >= 0.3 is 0 Å². The Morgan fingerprint density at radius 3 is 1.56 bits per heavy atom. The first kappa shape index (κ1) is 31.3. The van der Waals surface area contributed by atoms with E-state index in [0.29, 0.717) is 0 Å². The van der Waals surface area contributed by atoms with E-state index >= 15 is 0 Å². The molecule has 0 amide bonds. The molecule has 0 saturated heterocycles. The minimum atomic E-state index is -3.94. The van der Waals surface area contributed by atoms with Crippen LogP contribution in [0.5, 0.6) is 0 Å². The van der Waals surface area contributed by atoms with Crippen LogP contribution in [-0.2, 0) is 26.7 Å². The highest BCUT2D eigenvalue weighted by atomic mass is 31.2. The van der Waals surface area contributed by atoms with E-state index in [-0.39, 0.29) is 13.2 Å². The number of aryl methyl sites for hydroxylation is 2. The van der Waals surface area contributed by atoms with Gasteiger partial charge in [-0.2, -0.15) is 0 Å². The summed E-state index contributed by atoms with van der Waals surface area (Å²) >= 11 is 0. The molecule has 0 fully saturated rings. The highest BCUT2D eigenvalue weighted by molar-refractivity contribution is 7.45. The Kier molecular flexibility index (Phi) is 21.7. The van der Waals surface area contributed by atoms with E-state index in [1.807, 2.05) is 0 Å². The van der Waals surface area contributed by atoms with E-state index < -0.39 is 7.82 Å². The maximum Gasteiger partial charge on any atom is 0.267 e. The van der Waals surface area contributed by atoms with E-state index in [1.54, 1.807) is 13.8 Å². The molecule has 0 aliphatic heterocycles. The van der Waals surface area contributed by atoms with Crippen LogP contribution in [0.3, 0.4) is 0 Å². The van der Waals surface area contributed by atoms with Gasteiger partial charge in [-0.1, -0.05) is 84.0 Å². The third-order valence-electron chi connectivity index (χ3n) is 5.46.